The number of aromatic nitrogens is 1. The van der Waals surface area contributed by atoms with Gasteiger partial charge in [-0.2, -0.15) is 0 Å². The Morgan fingerprint density at radius 3 is 2.77 bits per heavy atom. The van der Waals surface area contributed by atoms with Crippen LogP contribution < -0.4 is 10.6 Å². The summed E-state index contributed by atoms with van der Waals surface area (Å²) in [5.41, 5.74) is 1.47. The van der Waals surface area contributed by atoms with Gasteiger partial charge in [0, 0.05) is 6.20 Å². The highest BCUT2D eigenvalue weighted by atomic mass is 14.6. The molecule has 0 unspecified atom stereocenters. The molecule has 0 bridgehead atoms. The monoisotopic (exact) mass is 175 g/mol. The molecule has 70 valence electrons. The van der Waals surface area contributed by atoms with E-state index in [-0.39, 0.29) is 0 Å². The van der Waals surface area contributed by atoms with Gasteiger partial charge in [0.05, 0.1) is 5.35 Å². The topological polar surface area (TPSA) is 12.9 Å². The SMILES string of the molecule is CC.CC1=c2cccnc2=CCC1. The van der Waals surface area contributed by atoms with E-state index < -0.39 is 0 Å². The molecule has 1 aliphatic rings. The number of hydrogen-bond acceptors (Lipinski definition) is 1. The lowest BCUT2D eigenvalue weighted by Crippen LogP contribution is -2.31. The fourth-order valence-electron chi connectivity index (χ4n) is 1.50. The minimum absolute atomic E-state index is 1.15. The molecule has 0 saturated heterocycles. The van der Waals surface area contributed by atoms with Gasteiger partial charge >= 0.3 is 0 Å². The lowest BCUT2D eigenvalue weighted by Gasteiger charge is -2.03. The summed E-state index contributed by atoms with van der Waals surface area (Å²) in [5.74, 6) is 0. The van der Waals surface area contributed by atoms with Gasteiger partial charge in [-0.25, -0.2) is 0 Å². The van der Waals surface area contributed by atoms with Crippen molar-refractivity contribution in [1.82, 2.24) is 4.98 Å². The molecule has 1 aromatic heterocycles. The molecule has 0 aromatic carbocycles. The van der Waals surface area contributed by atoms with Crippen molar-refractivity contribution in [2.45, 2.75) is 33.6 Å². The molecule has 1 nitrogen and oxygen atoms in total. The summed E-state index contributed by atoms with van der Waals surface area (Å²) >= 11 is 0. The molecule has 0 saturated carbocycles. The van der Waals surface area contributed by atoms with Gasteiger partial charge in [-0.3, -0.25) is 4.98 Å². The first-order valence-electron chi connectivity index (χ1n) is 4.99. The van der Waals surface area contributed by atoms with Crippen LogP contribution >= 0.6 is 0 Å². The lowest BCUT2D eigenvalue weighted by molar-refractivity contribution is 1.03. The second-order valence-electron chi connectivity index (χ2n) is 2.96. The summed E-state index contributed by atoms with van der Waals surface area (Å²) in [7, 11) is 0. The van der Waals surface area contributed by atoms with Crippen molar-refractivity contribution in [2.75, 3.05) is 0 Å². The quantitative estimate of drug-likeness (QED) is 0.586. The fraction of sp³-hybridized carbons (Fsp3) is 0.417. The number of fused-ring (bicyclic) bond motifs is 1. The first-order chi connectivity index (χ1) is 6.38. The molecule has 2 rings (SSSR count). The van der Waals surface area contributed by atoms with E-state index in [1.54, 1.807) is 0 Å². The van der Waals surface area contributed by atoms with E-state index in [4.69, 9.17) is 0 Å². The molecule has 0 radical (unpaired) electrons. The molecule has 0 N–H and O–H groups in total. The molecule has 1 aromatic rings. The maximum atomic E-state index is 4.29. The predicted molar refractivity (Wildman–Crippen MR) is 57.6 cm³/mol. The summed E-state index contributed by atoms with van der Waals surface area (Å²) in [6, 6.07) is 4.15. The molecule has 0 atom stereocenters. The average molecular weight is 175 g/mol. The van der Waals surface area contributed by atoms with Crippen LogP contribution in [0.5, 0.6) is 0 Å². The Kier molecular flexibility index (Phi) is 3.69. The van der Waals surface area contributed by atoms with Gasteiger partial charge in [0.15, 0.2) is 0 Å². The Balaban J connectivity index is 0.000000396. The third-order valence-corrected chi connectivity index (χ3v) is 2.16. The third kappa shape index (κ3) is 2.18. The van der Waals surface area contributed by atoms with E-state index in [0.717, 1.165) is 11.8 Å². The van der Waals surface area contributed by atoms with Gasteiger partial charge in [0.25, 0.3) is 0 Å². The van der Waals surface area contributed by atoms with E-state index in [1.807, 2.05) is 26.1 Å². The normalized spacial score (nSPS) is 13.6. The number of rotatable bonds is 0. The minimum Gasteiger partial charge on any atom is -0.257 e. The summed E-state index contributed by atoms with van der Waals surface area (Å²) in [4.78, 5) is 4.29. The highest BCUT2D eigenvalue weighted by Gasteiger charge is 1.97. The Morgan fingerprint density at radius 1 is 1.31 bits per heavy atom. The first kappa shape index (κ1) is 9.97. The van der Waals surface area contributed by atoms with E-state index in [0.29, 0.717) is 0 Å². The van der Waals surface area contributed by atoms with Gasteiger partial charge in [-0.1, -0.05) is 31.6 Å². The highest BCUT2D eigenvalue weighted by molar-refractivity contribution is 5.47. The Hall–Kier alpha value is -1.11. The van der Waals surface area contributed by atoms with E-state index >= 15 is 0 Å². The van der Waals surface area contributed by atoms with Crippen LogP contribution in [-0.4, -0.2) is 4.98 Å². The van der Waals surface area contributed by atoms with E-state index in [9.17, 15) is 0 Å². The molecular formula is C12H17N. The molecule has 13 heavy (non-hydrogen) atoms. The van der Waals surface area contributed by atoms with Crippen molar-refractivity contribution in [3.8, 4) is 0 Å². The standard InChI is InChI=1S/C10H11N.C2H6/c1-8-4-2-6-10-9(8)5-3-7-11-10;1-2/h3,5-7H,2,4H2,1H3;1-2H3. The first-order valence-corrected chi connectivity index (χ1v) is 4.99. The van der Waals surface area contributed by atoms with Crippen LogP contribution in [0.1, 0.15) is 33.6 Å². The molecule has 1 heteroatoms. The fourth-order valence-corrected chi connectivity index (χ4v) is 1.50. The summed E-state index contributed by atoms with van der Waals surface area (Å²) in [6.45, 7) is 6.19. The predicted octanol–water partition coefficient (Wildman–Crippen LogP) is 1.85. The molecule has 1 aliphatic carbocycles. The van der Waals surface area contributed by atoms with Crippen molar-refractivity contribution in [1.29, 1.82) is 0 Å². The molecule has 0 aliphatic heterocycles. The van der Waals surface area contributed by atoms with Crippen LogP contribution in [0.15, 0.2) is 18.3 Å². The maximum Gasteiger partial charge on any atom is 0.0661 e. The molecular weight excluding hydrogens is 158 g/mol. The van der Waals surface area contributed by atoms with Gasteiger partial charge in [-0.05, 0) is 31.1 Å². The summed E-state index contributed by atoms with van der Waals surface area (Å²) in [6.07, 6.45) is 6.41. The summed E-state index contributed by atoms with van der Waals surface area (Å²) in [5, 5.41) is 2.50. The van der Waals surface area contributed by atoms with Crippen LogP contribution in [0.25, 0.3) is 11.6 Å². The zero-order valence-corrected chi connectivity index (χ0v) is 8.67. The second kappa shape index (κ2) is 4.80. The Labute approximate surface area is 79.8 Å². The average Bonchev–Trinajstić information content (AvgIpc) is 2.22. The van der Waals surface area contributed by atoms with Gasteiger partial charge < -0.3 is 0 Å². The van der Waals surface area contributed by atoms with Gasteiger partial charge in [0.2, 0.25) is 0 Å². The number of nitrogens with zero attached hydrogens (tertiary/aromatic N) is 1. The Bertz CT molecular complexity index is 376. The van der Waals surface area contributed by atoms with Crippen molar-refractivity contribution in [3.63, 3.8) is 0 Å². The minimum atomic E-state index is 1.15. The van der Waals surface area contributed by atoms with Gasteiger partial charge in [-0.15, -0.1) is 0 Å². The van der Waals surface area contributed by atoms with Crippen molar-refractivity contribution in [2.24, 2.45) is 0 Å². The maximum absolute atomic E-state index is 4.29. The van der Waals surface area contributed by atoms with Crippen LogP contribution in [0, 0.1) is 0 Å². The van der Waals surface area contributed by atoms with Crippen LogP contribution in [0.2, 0.25) is 0 Å². The summed E-state index contributed by atoms with van der Waals surface area (Å²) < 4.78 is 0. The molecule has 1 heterocycles. The highest BCUT2D eigenvalue weighted by Crippen LogP contribution is 2.04. The van der Waals surface area contributed by atoms with Crippen LogP contribution in [-0.2, 0) is 0 Å². The number of pyridine rings is 1. The molecule has 0 amide bonds. The van der Waals surface area contributed by atoms with Crippen LogP contribution in [0.3, 0.4) is 0 Å². The second-order valence-corrected chi connectivity index (χ2v) is 2.96. The van der Waals surface area contributed by atoms with E-state index in [2.05, 4.69) is 24.1 Å². The number of hydrogen-bond donors (Lipinski definition) is 0. The Morgan fingerprint density at radius 2 is 2.08 bits per heavy atom. The van der Waals surface area contributed by atoms with Crippen molar-refractivity contribution >= 4 is 11.6 Å². The zero-order chi connectivity index (χ0) is 9.68. The van der Waals surface area contributed by atoms with Crippen molar-refractivity contribution in [3.05, 3.63) is 28.9 Å². The largest absolute Gasteiger partial charge is 0.257 e. The third-order valence-electron chi connectivity index (χ3n) is 2.16. The molecule has 0 fully saturated rings. The van der Waals surface area contributed by atoms with Crippen LogP contribution in [0.4, 0.5) is 0 Å². The zero-order valence-electron chi connectivity index (χ0n) is 8.67. The molecule has 0 spiro atoms. The lowest BCUT2D eigenvalue weighted by atomic mass is 10.0. The van der Waals surface area contributed by atoms with E-state index in [1.165, 1.54) is 17.2 Å². The smallest absolute Gasteiger partial charge is 0.0661 e. The van der Waals surface area contributed by atoms with Gasteiger partial charge in [0.1, 0.15) is 0 Å². The van der Waals surface area contributed by atoms with Crippen molar-refractivity contribution < 1.29 is 0 Å².